The minimum absolute atomic E-state index is 0.0804. The highest BCUT2D eigenvalue weighted by Gasteiger charge is 2.25. The average Bonchev–Trinajstić information content (AvgIpc) is 2.94. The predicted octanol–water partition coefficient (Wildman–Crippen LogP) is 8.53. The first-order chi connectivity index (χ1) is 18.2. The standard InChI is InChI=1S/C34H42O3/c1-3-4-5-8-17-29-21-32(36-24-27-13-9-6-10-14-27)34(31-20-26(2)18-19-30(31)23-35)33(22-29)37-25-28-15-11-7-12-16-28/h6-7,9-16,21-22,26,35H,3-5,8,17-20,23-25H2,1-2H3. The largest absolute Gasteiger partial charge is 0.488 e. The van der Waals surface area contributed by atoms with Crippen LogP contribution in [-0.4, -0.2) is 11.7 Å². The topological polar surface area (TPSA) is 38.7 Å². The maximum absolute atomic E-state index is 10.3. The molecule has 0 spiro atoms. The van der Waals surface area contributed by atoms with Gasteiger partial charge in [0.15, 0.2) is 0 Å². The third-order valence-electron chi connectivity index (χ3n) is 7.33. The van der Waals surface area contributed by atoms with Crippen LogP contribution in [0.1, 0.15) is 81.0 Å². The molecule has 0 heterocycles. The minimum Gasteiger partial charge on any atom is -0.488 e. The molecule has 0 saturated carbocycles. The molecule has 1 aliphatic rings. The summed E-state index contributed by atoms with van der Waals surface area (Å²) in [5.41, 5.74) is 6.87. The van der Waals surface area contributed by atoms with Crippen molar-refractivity contribution in [1.29, 1.82) is 0 Å². The van der Waals surface area contributed by atoms with Gasteiger partial charge >= 0.3 is 0 Å². The number of aryl methyl sites for hydroxylation is 1. The second-order valence-corrected chi connectivity index (χ2v) is 10.4. The Morgan fingerprint density at radius 3 is 1.92 bits per heavy atom. The van der Waals surface area contributed by atoms with Gasteiger partial charge in [0, 0.05) is 0 Å². The first-order valence-corrected chi connectivity index (χ1v) is 14.0. The van der Waals surface area contributed by atoms with E-state index >= 15 is 0 Å². The fourth-order valence-electron chi connectivity index (χ4n) is 5.16. The van der Waals surface area contributed by atoms with E-state index in [2.05, 4.69) is 50.2 Å². The number of rotatable bonds is 13. The van der Waals surface area contributed by atoms with Crippen LogP contribution in [0, 0.1) is 5.92 Å². The molecule has 0 fully saturated rings. The fourth-order valence-corrected chi connectivity index (χ4v) is 5.16. The van der Waals surface area contributed by atoms with Crippen LogP contribution in [0.15, 0.2) is 78.4 Å². The van der Waals surface area contributed by atoms with E-state index < -0.39 is 0 Å². The zero-order chi connectivity index (χ0) is 25.9. The minimum atomic E-state index is 0.0804. The molecule has 0 radical (unpaired) electrons. The SMILES string of the molecule is CCCCCCc1cc(OCc2ccccc2)c(C2=C(CO)CCC(C)C2)c(OCc2ccccc2)c1. The highest BCUT2D eigenvalue weighted by molar-refractivity contribution is 5.79. The number of ether oxygens (including phenoxy) is 2. The van der Waals surface area contributed by atoms with Crippen LogP contribution in [0.5, 0.6) is 11.5 Å². The summed E-state index contributed by atoms with van der Waals surface area (Å²) in [7, 11) is 0. The first kappa shape index (κ1) is 27.0. The lowest BCUT2D eigenvalue weighted by Gasteiger charge is -2.28. The molecule has 4 rings (SSSR count). The van der Waals surface area contributed by atoms with Gasteiger partial charge in [0.05, 0.1) is 12.2 Å². The summed E-state index contributed by atoms with van der Waals surface area (Å²) in [5, 5.41) is 10.3. The Bertz CT molecular complexity index is 1070. The molecular weight excluding hydrogens is 456 g/mol. The van der Waals surface area contributed by atoms with Gasteiger partial charge in [0.25, 0.3) is 0 Å². The van der Waals surface area contributed by atoms with E-state index in [1.165, 1.54) is 30.4 Å². The molecule has 3 nitrogen and oxygen atoms in total. The molecule has 0 bridgehead atoms. The van der Waals surface area contributed by atoms with Crippen LogP contribution in [0.4, 0.5) is 0 Å². The highest BCUT2D eigenvalue weighted by Crippen LogP contribution is 2.45. The molecule has 0 saturated heterocycles. The number of unbranched alkanes of at least 4 members (excludes halogenated alkanes) is 3. The molecule has 1 unspecified atom stereocenters. The number of aliphatic hydroxyl groups is 1. The summed E-state index contributed by atoms with van der Waals surface area (Å²) < 4.78 is 13.1. The van der Waals surface area contributed by atoms with Crippen LogP contribution < -0.4 is 9.47 Å². The lowest BCUT2D eigenvalue weighted by Crippen LogP contribution is -2.12. The summed E-state index contributed by atoms with van der Waals surface area (Å²) in [4.78, 5) is 0. The van der Waals surface area contributed by atoms with Crippen LogP contribution in [0.2, 0.25) is 0 Å². The lowest BCUT2D eigenvalue weighted by molar-refractivity contribution is 0.286. The smallest absolute Gasteiger partial charge is 0.131 e. The van der Waals surface area contributed by atoms with Crippen LogP contribution in [0.25, 0.3) is 5.57 Å². The molecule has 3 aromatic carbocycles. The van der Waals surface area contributed by atoms with E-state index in [1.807, 2.05) is 36.4 Å². The molecule has 0 aliphatic heterocycles. The Morgan fingerprint density at radius 2 is 1.38 bits per heavy atom. The van der Waals surface area contributed by atoms with Gasteiger partial charge in [-0.2, -0.15) is 0 Å². The molecular formula is C34H42O3. The van der Waals surface area contributed by atoms with Crippen LogP contribution >= 0.6 is 0 Å². The van der Waals surface area contributed by atoms with Gasteiger partial charge in [-0.3, -0.25) is 0 Å². The van der Waals surface area contributed by atoms with E-state index in [1.54, 1.807) is 0 Å². The Balaban J connectivity index is 1.75. The third kappa shape index (κ3) is 7.72. The maximum atomic E-state index is 10.3. The summed E-state index contributed by atoms with van der Waals surface area (Å²) in [6.45, 7) is 5.63. The monoisotopic (exact) mass is 498 g/mol. The van der Waals surface area contributed by atoms with Crippen molar-refractivity contribution in [3.05, 3.63) is 101 Å². The Hall–Kier alpha value is -3.04. The van der Waals surface area contributed by atoms with Crippen molar-refractivity contribution in [2.24, 2.45) is 5.92 Å². The predicted molar refractivity (Wildman–Crippen MR) is 153 cm³/mol. The Kier molecular flexibility index (Phi) is 10.3. The molecule has 0 amide bonds. The maximum Gasteiger partial charge on any atom is 0.131 e. The average molecular weight is 499 g/mol. The van der Waals surface area contributed by atoms with E-state index in [4.69, 9.17) is 9.47 Å². The van der Waals surface area contributed by atoms with Gasteiger partial charge in [-0.25, -0.2) is 0 Å². The molecule has 3 aromatic rings. The van der Waals surface area contributed by atoms with Crippen LogP contribution in [0.3, 0.4) is 0 Å². The number of hydrogen-bond donors (Lipinski definition) is 1. The van der Waals surface area contributed by atoms with Crippen molar-refractivity contribution in [3.63, 3.8) is 0 Å². The second-order valence-electron chi connectivity index (χ2n) is 10.4. The van der Waals surface area contributed by atoms with Gasteiger partial charge < -0.3 is 14.6 Å². The molecule has 0 aromatic heterocycles. The first-order valence-electron chi connectivity index (χ1n) is 14.0. The van der Waals surface area contributed by atoms with Gasteiger partial charge in [-0.1, -0.05) is 93.8 Å². The molecule has 196 valence electrons. The lowest BCUT2D eigenvalue weighted by atomic mass is 9.81. The van der Waals surface area contributed by atoms with E-state index in [0.29, 0.717) is 19.1 Å². The van der Waals surface area contributed by atoms with Crippen molar-refractivity contribution in [1.82, 2.24) is 0 Å². The highest BCUT2D eigenvalue weighted by atomic mass is 16.5. The molecule has 3 heteroatoms. The normalized spacial score (nSPS) is 15.6. The Labute approximate surface area is 223 Å². The molecule has 1 aliphatic carbocycles. The number of allylic oxidation sites excluding steroid dienone is 1. The summed E-state index contributed by atoms with van der Waals surface area (Å²) >= 11 is 0. The van der Waals surface area contributed by atoms with Gasteiger partial charge in [0.2, 0.25) is 0 Å². The third-order valence-corrected chi connectivity index (χ3v) is 7.33. The van der Waals surface area contributed by atoms with E-state index in [-0.39, 0.29) is 6.61 Å². The number of hydrogen-bond acceptors (Lipinski definition) is 3. The van der Waals surface area contributed by atoms with Gasteiger partial charge in [0.1, 0.15) is 24.7 Å². The van der Waals surface area contributed by atoms with Crippen molar-refractivity contribution in [2.75, 3.05) is 6.61 Å². The van der Waals surface area contributed by atoms with Crippen molar-refractivity contribution < 1.29 is 14.6 Å². The molecule has 1 atom stereocenters. The van der Waals surface area contributed by atoms with Gasteiger partial charge in [-0.15, -0.1) is 0 Å². The quantitative estimate of drug-likeness (QED) is 0.240. The molecule has 37 heavy (non-hydrogen) atoms. The second kappa shape index (κ2) is 14.0. The van der Waals surface area contributed by atoms with E-state index in [9.17, 15) is 5.11 Å². The number of benzene rings is 3. The van der Waals surface area contributed by atoms with Crippen LogP contribution in [-0.2, 0) is 19.6 Å². The molecule has 1 N–H and O–H groups in total. The summed E-state index contributed by atoms with van der Waals surface area (Å²) in [6, 6.07) is 25.1. The van der Waals surface area contributed by atoms with Crippen molar-refractivity contribution in [3.8, 4) is 11.5 Å². The summed E-state index contributed by atoms with van der Waals surface area (Å²) in [5.74, 6) is 2.30. The summed E-state index contributed by atoms with van der Waals surface area (Å²) in [6.07, 6.45) is 8.84. The fraction of sp³-hybridized carbons (Fsp3) is 0.412. The zero-order valence-corrected chi connectivity index (χ0v) is 22.5. The van der Waals surface area contributed by atoms with Crippen molar-refractivity contribution >= 4 is 5.57 Å². The number of aliphatic hydroxyl groups excluding tert-OH is 1. The van der Waals surface area contributed by atoms with Crippen molar-refractivity contribution in [2.45, 2.75) is 78.4 Å². The zero-order valence-electron chi connectivity index (χ0n) is 22.5. The van der Waals surface area contributed by atoms with E-state index in [0.717, 1.165) is 65.9 Å². The Morgan fingerprint density at radius 1 is 0.784 bits per heavy atom. The van der Waals surface area contributed by atoms with Gasteiger partial charge in [-0.05, 0) is 78.0 Å².